The number of hydrogen-bond donors (Lipinski definition) is 5. The van der Waals surface area contributed by atoms with Crippen LogP contribution in [0.15, 0.2) is 36.4 Å². The zero-order valence-electron chi connectivity index (χ0n) is 35.7. The number of amides is 6. The molecule has 0 aromatic heterocycles. The molecule has 6 amide bonds. The predicted molar refractivity (Wildman–Crippen MR) is 220 cm³/mol. The Labute approximate surface area is 357 Å². The lowest BCUT2D eigenvalue weighted by Gasteiger charge is -2.24. The molecule has 0 saturated carbocycles. The minimum absolute atomic E-state index is 0.0374. The second kappa shape index (κ2) is 33.3. The molecule has 20 nitrogen and oxygen atoms in total. The largest absolute Gasteiger partial charge is 0.392 e. The van der Waals surface area contributed by atoms with Gasteiger partial charge in [-0.3, -0.25) is 33.7 Å². The lowest BCUT2D eigenvalue weighted by molar-refractivity contribution is -0.137. The molecule has 61 heavy (non-hydrogen) atoms. The van der Waals surface area contributed by atoms with Crippen LogP contribution in [0.25, 0.3) is 0 Å². The van der Waals surface area contributed by atoms with Gasteiger partial charge in [0.15, 0.2) is 0 Å². The molecule has 1 aromatic rings. The minimum atomic E-state index is -0.848. The third-order valence-electron chi connectivity index (χ3n) is 8.53. The minimum Gasteiger partial charge on any atom is -0.392 e. The first-order valence-corrected chi connectivity index (χ1v) is 20.5. The van der Waals surface area contributed by atoms with E-state index in [1.54, 1.807) is 45.0 Å². The van der Waals surface area contributed by atoms with Crippen molar-refractivity contribution in [3.63, 3.8) is 0 Å². The van der Waals surface area contributed by atoms with Crippen molar-refractivity contribution in [2.24, 2.45) is 5.92 Å². The fourth-order valence-corrected chi connectivity index (χ4v) is 5.12. The van der Waals surface area contributed by atoms with Crippen LogP contribution in [0.1, 0.15) is 39.2 Å². The van der Waals surface area contributed by atoms with E-state index < -0.39 is 35.7 Å². The maximum atomic E-state index is 12.9. The lowest BCUT2D eigenvalue weighted by atomic mass is 10.0. The molecule has 1 heterocycles. The summed E-state index contributed by atoms with van der Waals surface area (Å²) in [5.41, 5.74) is 1.24. The van der Waals surface area contributed by atoms with Gasteiger partial charge in [0.1, 0.15) is 12.1 Å². The highest BCUT2D eigenvalue weighted by Gasteiger charge is 2.27. The second-order valence-corrected chi connectivity index (χ2v) is 13.8. The molecule has 344 valence electrons. The summed E-state index contributed by atoms with van der Waals surface area (Å²) in [6, 6.07) is 5.01. The van der Waals surface area contributed by atoms with Gasteiger partial charge in [0.25, 0.3) is 11.8 Å². The fourth-order valence-electron chi connectivity index (χ4n) is 5.12. The summed E-state index contributed by atoms with van der Waals surface area (Å²) < 4.78 is 43.7. The number of benzene rings is 1. The molecule has 0 radical (unpaired) electrons. The fraction of sp³-hybridized carbons (Fsp3) is 0.659. The van der Waals surface area contributed by atoms with E-state index in [2.05, 4.69) is 21.3 Å². The van der Waals surface area contributed by atoms with Crippen molar-refractivity contribution >= 4 is 41.1 Å². The first-order chi connectivity index (χ1) is 29.5. The van der Waals surface area contributed by atoms with Crippen molar-refractivity contribution in [3.05, 3.63) is 42.0 Å². The number of aliphatic hydroxyl groups excluding tert-OH is 1. The first kappa shape index (κ1) is 52.8. The lowest BCUT2D eigenvalue weighted by Crippen LogP contribution is -2.53. The Bertz CT molecular complexity index is 1450. The van der Waals surface area contributed by atoms with E-state index in [0.717, 1.165) is 4.90 Å². The van der Waals surface area contributed by atoms with Gasteiger partial charge in [0.05, 0.1) is 112 Å². The number of ether oxygens (including phenoxy) is 8. The quantitative estimate of drug-likeness (QED) is 0.0426. The highest BCUT2D eigenvalue weighted by molar-refractivity contribution is 6.13. The van der Waals surface area contributed by atoms with Gasteiger partial charge < -0.3 is 64.3 Å². The molecule has 0 saturated heterocycles. The highest BCUT2D eigenvalue weighted by atomic mass is 16.6. The summed E-state index contributed by atoms with van der Waals surface area (Å²) in [6.45, 7) is 11.4. The van der Waals surface area contributed by atoms with Gasteiger partial charge in [-0.25, -0.2) is 0 Å². The van der Waals surface area contributed by atoms with Crippen LogP contribution in [0.4, 0.5) is 5.69 Å². The zero-order valence-corrected chi connectivity index (χ0v) is 35.7. The van der Waals surface area contributed by atoms with Crippen LogP contribution in [0.3, 0.4) is 0 Å². The normalized spacial score (nSPS) is 13.4. The van der Waals surface area contributed by atoms with E-state index >= 15 is 0 Å². The van der Waals surface area contributed by atoms with E-state index in [0.29, 0.717) is 110 Å². The van der Waals surface area contributed by atoms with Crippen molar-refractivity contribution in [1.82, 2.24) is 20.9 Å². The predicted octanol–water partition coefficient (Wildman–Crippen LogP) is -0.283. The Kier molecular flexibility index (Phi) is 28.8. The second-order valence-electron chi connectivity index (χ2n) is 13.8. The van der Waals surface area contributed by atoms with Crippen LogP contribution >= 0.6 is 0 Å². The third kappa shape index (κ3) is 25.2. The molecule has 0 spiro atoms. The molecule has 20 heteroatoms. The summed E-state index contributed by atoms with van der Waals surface area (Å²) in [4.78, 5) is 73.7. The number of nitrogens with zero attached hydrogens (tertiary/aromatic N) is 1. The number of imide groups is 1. The number of nitrogens with one attached hydrogen (secondary N) is 4. The molecular weight excluding hydrogens is 802 g/mol. The van der Waals surface area contributed by atoms with Crippen molar-refractivity contribution in [1.29, 1.82) is 0 Å². The van der Waals surface area contributed by atoms with Crippen LogP contribution in [0.5, 0.6) is 0 Å². The number of aliphatic hydroxyl groups is 1. The van der Waals surface area contributed by atoms with Crippen molar-refractivity contribution in [2.75, 3.05) is 124 Å². The molecule has 1 aliphatic rings. The molecule has 0 aliphatic carbocycles. The summed E-state index contributed by atoms with van der Waals surface area (Å²) in [7, 11) is 0. The molecule has 5 N–H and O–H groups in total. The van der Waals surface area contributed by atoms with Gasteiger partial charge in [0.2, 0.25) is 23.6 Å². The smallest absolute Gasteiger partial charge is 0.253 e. The van der Waals surface area contributed by atoms with Crippen LogP contribution < -0.4 is 21.3 Å². The third-order valence-corrected chi connectivity index (χ3v) is 8.53. The number of rotatable bonds is 37. The number of carbonyl (C=O) groups excluding carboxylic acids is 6. The monoisotopic (exact) mass is 867 g/mol. The highest BCUT2D eigenvalue weighted by Crippen LogP contribution is 2.10. The number of hydrogen-bond acceptors (Lipinski definition) is 15. The SMILES string of the molecule is CC(NC(=O)C(NC(=O)CCOCCOCCOCCOCCOCCOCCOCCOCCNC(=O)CCN1C(=O)C=CC1=O)C(C)C)C(=O)Nc1ccc(CO)cc1. The van der Waals surface area contributed by atoms with Gasteiger partial charge in [-0.2, -0.15) is 0 Å². The average molecular weight is 868 g/mol. The van der Waals surface area contributed by atoms with Crippen LogP contribution in [0, 0.1) is 5.92 Å². The summed E-state index contributed by atoms with van der Waals surface area (Å²) in [6.07, 6.45) is 2.46. The van der Waals surface area contributed by atoms with Crippen LogP contribution in [0.2, 0.25) is 0 Å². The van der Waals surface area contributed by atoms with E-state index in [-0.39, 0.29) is 56.9 Å². The van der Waals surface area contributed by atoms with E-state index in [4.69, 9.17) is 43.0 Å². The van der Waals surface area contributed by atoms with E-state index in [1.807, 2.05) is 0 Å². The molecule has 1 aromatic carbocycles. The molecule has 2 atom stereocenters. The van der Waals surface area contributed by atoms with Crippen molar-refractivity contribution in [3.8, 4) is 0 Å². The number of carbonyl (C=O) groups is 6. The molecule has 2 unspecified atom stereocenters. The van der Waals surface area contributed by atoms with Crippen molar-refractivity contribution < 1.29 is 71.8 Å². The zero-order chi connectivity index (χ0) is 44.5. The summed E-state index contributed by atoms with van der Waals surface area (Å²) in [5, 5.41) is 19.9. The Morgan fingerprint density at radius 1 is 0.574 bits per heavy atom. The maximum Gasteiger partial charge on any atom is 0.253 e. The standard InChI is InChI=1S/C41H65N5O15/c1-31(2)39(41(53)43-32(3)40(52)44-34-6-4-33(30-47)5-7-34)45-36(49)11-14-54-16-18-56-20-22-58-24-26-60-28-29-61-27-25-59-23-21-57-19-17-55-15-12-42-35(48)10-13-46-37(50)8-9-38(46)51/h4-9,31-32,39,47H,10-30H2,1-3H3,(H,42,48)(H,43,53)(H,44,52)(H,45,49). The first-order valence-electron chi connectivity index (χ1n) is 20.5. The van der Waals surface area contributed by atoms with Gasteiger partial charge in [-0.1, -0.05) is 26.0 Å². The molecule has 1 aliphatic heterocycles. The van der Waals surface area contributed by atoms with Crippen LogP contribution in [-0.2, 0) is 73.3 Å². The Hall–Kier alpha value is -4.38. The Morgan fingerprint density at radius 3 is 1.46 bits per heavy atom. The maximum absolute atomic E-state index is 12.9. The molecule has 0 fully saturated rings. The molecular formula is C41H65N5O15. The van der Waals surface area contributed by atoms with E-state index in [1.165, 1.54) is 12.2 Å². The van der Waals surface area contributed by atoms with Crippen molar-refractivity contribution in [2.45, 2.75) is 52.3 Å². The number of anilines is 1. The molecule has 2 rings (SSSR count). The van der Waals surface area contributed by atoms with Crippen LogP contribution in [-0.4, -0.2) is 176 Å². The molecule has 0 bridgehead atoms. The van der Waals surface area contributed by atoms with Gasteiger partial charge in [-0.15, -0.1) is 0 Å². The Morgan fingerprint density at radius 2 is 1.02 bits per heavy atom. The summed E-state index contributed by atoms with van der Waals surface area (Å²) in [5.74, 6) is -2.54. The Balaban J connectivity index is 1.29. The van der Waals surface area contributed by atoms with Gasteiger partial charge >= 0.3 is 0 Å². The van der Waals surface area contributed by atoms with Gasteiger partial charge in [0, 0.05) is 43.8 Å². The topological polar surface area (TPSA) is 248 Å². The summed E-state index contributed by atoms with van der Waals surface area (Å²) >= 11 is 0. The van der Waals surface area contributed by atoms with E-state index in [9.17, 15) is 28.8 Å². The van der Waals surface area contributed by atoms with Gasteiger partial charge in [-0.05, 0) is 30.5 Å². The average Bonchev–Trinajstić information content (AvgIpc) is 3.57.